The van der Waals surface area contributed by atoms with E-state index in [-0.39, 0.29) is 25.3 Å². The maximum absolute atomic E-state index is 12.3. The first-order valence-corrected chi connectivity index (χ1v) is 11.0. The zero-order valence-electron chi connectivity index (χ0n) is 20.6. The number of aromatic nitrogens is 3. The Hall–Kier alpha value is -3.86. The molecule has 0 amide bonds. The zero-order valence-corrected chi connectivity index (χ0v) is 20.6. The number of benzene rings is 1. The number of hydrogen-bond donors (Lipinski definition) is 1. The summed E-state index contributed by atoms with van der Waals surface area (Å²) in [5, 5.41) is 13.9. The van der Waals surface area contributed by atoms with Crippen molar-refractivity contribution in [1.82, 2.24) is 19.9 Å². The summed E-state index contributed by atoms with van der Waals surface area (Å²) >= 11 is 0. The molecule has 1 atom stereocenters. The molecule has 0 fully saturated rings. The van der Waals surface area contributed by atoms with E-state index < -0.39 is 11.0 Å². The maximum Gasteiger partial charge on any atom is 0.323 e. The Kier molecular flexibility index (Phi) is 9.83. The molecular formula is C24H33N5O6. The van der Waals surface area contributed by atoms with E-state index in [9.17, 15) is 19.7 Å². The lowest BCUT2D eigenvalue weighted by Crippen LogP contribution is -2.36. The predicted molar refractivity (Wildman–Crippen MR) is 132 cm³/mol. The highest BCUT2D eigenvalue weighted by Crippen LogP contribution is 2.19. The van der Waals surface area contributed by atoms with Crippen molar-refractivity contribution in [2.75, 3.05) is 7.05 Å². The van der Waals surface area contributed by atoms with Gasteiger partial charge in [0.25, 0.3) is 12.2 Å². The van der Waals surface area contributed by atoms with Crippen LogP contribution >= 0.6 is 0 Å². The van der Waals surface area contributed by atoms with Gasteiger partial charge in [-0.15, -0.1) is 0 Å². The van der Waals surface area contributed by atoms with Crippen molar-refractivity contribution in [2.45, 2.75) is 51.9 Å². The number of carbonyl (C=O) groups excluding carboxylic acids is 2. The Bertz CT molecular complexity index is 1150. The van der Waals surface area contributed by atoms with Crippen LogP contribution in [0.25, 0.3) is 11.2 Å². The highest BCUT2D eigenvalue weighted by atomic mass is 16.6. The first-order valence-electron chi connectivity index (χ1n) is 11.0. The second-order valence-electron chi connectivity index (χ2n) is 8.68. The van der Waals surface area contributed by atoms with Gasteiger partial charge in [0.15, 0.2) is 5.65 Å². The Morgan fingerprint density at radius 2 is 2.00 bits per heavy atom. The second-order valence-corrected chi connectivity index (χ2v) is 8.68. The van der Waals surface area contributed by atoms with Gasteiger partial charge in [-0.05, 0) is 39.8 Å². The van der Waals surface area contributed by atoms with Gasteiger partial charge in [0.05, 0.1) is 4.92 Å². The highest BCUT2D eigenvalue weighted by molar-refractivity contribution is 5.76. The van der Waals surface area contributed by atoms with E-state index >= 15 is 0 Å². The number of imidazole rings is 1. The van der Waals surface area contributed by atoms with Crippen molar-refractivity contribution in [3.63, 3.8) is 0 Å². The van der Waals surface area contributed by atoms with Gasteiger partial charge in [-0.25, -0.2) is 9.97 Å². The molecule has 0 bridgehead atoms. The summed E-state index contributed by atoms with van der Waals surface area (Å²) in [6, 6.07) is 10.4. The largest absolute Gasteiger partial charge is 0.462 e. The molecule has 2 heterocycles. The Labute approximate surface area is 205 Å². The molecule has 3 rings (SSSR count). The van der Waals surface area contributed by atoms with E-state index in [4.69, 9.17) is 4.74 Å². The van der Waals surface area contributed by atoms with Crippen LogP contribution in [-0.2, 0) is 39.1 Å². The number of fused-ring (bicyclic) bond motifs is 1. The van der Waals surface area contributed by atoms with Gasteiger partial charge in [-0.3, -0.25) is 19.7 Å². The fourth-order valence-corrected chi connectivity index (χ4v) is 3.06. The highest BCUT2D eigenvalue weighted by Gasteiger charge is 2.20. The summed E-state index contributed by atoms with van der Waals surface area (Å²) in [4.78, 5) is 40.9. The normalized spacial score (nSPS) is 11.8. The van der Waals surface area contributed by atoms with Crippen molar-refractivity contribution in [3.05, 3.63) is 64.1 Å². The minimum absolute atomic E-state index is 0. The van der Waals surface area contributed by atoms with Crippen LogP contribution in [0.3, 0.4) is 0 Å². The summed E-state index contributed by atoms with van der Waals surface area (Å²) in [7, 11) is 3.50. The molecule has 1 N–H and O–H groups in total. The molecule has 11 heteroatoms. The third-order valence-corrected chi connectivity index (χ3v) is 4.91. The zero-order chi connectivity index (χ0) is 26.0. The first-order chi connectivity index (χ1) is 16.6. The van der Waals surface area contributed by atoms with Crippen LogP contribution < -0.4 is 5.32 Å². The number of hydrogen-bond acceptors (Lipinski definition) is 9. The smallest absolute Gasteiger partial charge is 0.323 e. The number of carbonyl (C=O) groups is 2. The molecule has 0 radical (unpaired) electrons. The number of nitrogens with zero attached hydrogens (tertiary/aromatic N) is 4. The Morgan fingerprint density at radius 1 is 1.31 bits per heavy atom. The fraction of sp³-hybridized carbons (Fsp3) is 0.417. The number of aryl methyl sites for hydroxylation is 2. The summed E-state index contributed by atoms with van der Waals surface area (Å²) in [6.07, 6.45) is 2.18. The van der Waals surface area contributed by atoms with Gasteiger partial charge in [-0.2, -0.15) is 0 Å². The van der Waals surface area contributed by atoms with Gasteiger partial charge >= 0.3 is 5.97 Å². The Morgan fingerprint density at radius 3 is 2.54 bits per heavy atom. The van der Waals surface area contributed by atoms with Gasteiger partial charge in [-0.1, -0.05) is 30.3 Å². The Balaban J connectivity index is 0.000000712. The van der Waals surface area contributed by atoms with Crippen LogP contribution in [0.15, 0.2) is 42.6 Å². The number of nitrogens with one attached hydrogen (secondary N) is 1. The molecule has 0 aliphatic rings. The van der Waals surface area contributed by atoms with Gasteiger partial charge < -0.3 is 19.4 Å². The van der Waals surface area contributed by atoms with Crippen molar-refractivity contribution in [3.8, 4) is 0 Å². The lowest BCUT2D eigenvalue weighted by Gasteiger charge is -2.15. The van der Waals surface area contributed by atoms with E-state index in [1.54, 1.807) is 18.7 Å². The monoisotopic (exact) mass is 487 g/mol. The van der Waals surface area contributed by atoms with E-state index in [1.807, 2.05) is 51.1 Å². The van der Waals surface area contributed by atoms with Gasteiger partial charge in [0, 0.05) is 21.0 Å². The topological polar surface area (TPSA) is 138 Å². The fourth-order valence-electron chi connectivity index (χ4n) is 3.06. The maximum atomic E-state index is 12.3. The number of nitro groups is 1. The van der Waals surface area contributed by atoms with E-state index in [0.29, 0.717) is 36.3 Å². The molecule has 1 aromatic carbocycles. The molecule has 0 saturated carbocycles. The number of ether oxygens (including phenoxy) is 2. The van der Waals surface area contributed by atoms with E-state index in [1.165, 1.54) is 12.3 Å². The molecule has 0 aliphatic heterocycles. The summed E-state index contributed by atoms with van der Waals surface area (Å²) < 4.78 is 11.7. The van der Waals surface area contributed by atoms with Crippen LogP contribution in [0.5, 0.6) is 0 Å². The number of pyridine rings is 1. The number of rotatable bonds is 9. The molecule has 2 aromatic heterocycles. The average Bonchev–Trinajstić information content (AvgIpc) is 3.13. The van der Waals surface area contributed by atoms with E-state index in [0.717, 1.165) is 5.56 Å². The van der Waals surface area contributed by atoms with Crippen LogP contribution in [-0.4, -0.2) is 50.6 Å². The van der Waals surface area contributed by atoms with Crippen molar-refractivity contribution in [2.24, 2.45) is 7.05 Å². The third-order valence-electron chi connectivity index (χ3n) is 4.91. The number of likely N-dealkylation sites (N-methyl/N-ethyl adjacent to an activating group) is 1. The summed E-state index contributed by atoms with van der Waals surface area (Å²) in [6.45, 7) is 6.14. The van der Waals surface area contributed by atoms with Gasteiger partial charge in [0.2, 0.25) is 0 Å². The third kappa shape index (κ3) is 8.45. The quantitative estimate of drug-likeness (QED) is 0.208. The molecule has 1 unspecified atom stereocenters. The van der Waals surface area contributed by atoms with Crippen molar-refractivity contribution >= 4 is 29.3 Å². The molecule has 190 valence electrons. The molecule has 11 nitrogen and oxygen atoms in total. The molecule has 35 heavy (non-hydrogen) atoms. The van der Waals surface area contributed by atoms with Crippen LogP contribution in [0.4, 0.5) is 5.69 Å². The molecule has 0 saturated heterocycles. The second kappa shape index (κ2) is 12.6. The van der Waals surface area contributed by atoms with Crippen LogP contribution in [0.2, 0.25) is 0 Å². The van der Waals surface area contributed by atoms with E-state index in [2.05, 4.69) is 20.0 Å². The number of esters is 1. The van der Waals surface area contributed by atoms with Crippen molar-refractivity contribution < 1.29 is 25.4 Å². The molecule has 0 spiro atoms. The minimum Gasteiger partial charge on any atom is -0.462 e. The van der Waals surface area contributed by atoms with Crippen molar-refractivity contribution in [1.29, 1.82) is 0 Å². The lowest BCUT2D eigenvalue weighted by molar-refractivity contribution is -0.385. The standard InChI is InChI=1S/C19H21N5O4.C5H10O2.H2/c1-20-15(19(25)28-12-13-6-4-3-5-7-13)8-9-17-22-16-10-14(24(26)27)11-21-18(16)23(17)2;1-5(2,3)7-4-6;/h3-7,10-11,15,20H,8-9,12H2,1-2H3;4H,1-3H3;1H. The van der Waals surface area contributed by atoms with Gasteiger partial charge in [0.1, 0.15) is 35.8 Å². The SMILES string of the molecule is CC(C)(C)OC=O.CNC(CCc1nc2cc([N+](=O)[O-])cnc2n1C)C(=O)OCc1ccccc1.[HH]. The van der Waals surface area contributed by atoms with Crippen LogP contribution in [0.1, 0.15) is 40.0 Å². The predicted octanol–water partition coefficient (Wildman–Crippen LogP) is 3.34. The molecule has 0 aliphatic carbocycles. The average molecular weight is 488 g/mol. The minimum atomic E-state index is -0.499. The molecular weight excluding hydrogens is 454 g/mol. The lowest BCUT2D eigenvalue weighted by atomic mass is 10.1. The first kappa shape index (κ1) is 27.4. The molecule has 3 aromatic rings. The summed E-state index contributed by atoms with van der Waals surface area (Å²) in [5.74, 6) is 0.359. The summed E-state index contributed by atoms with van der Waals surface area (Å²) in [5.41, 5.74) is 1.53. The van der Waals surface area contributed by atoms with Crippen LogP contribution in [0, 0.1) is 10.1 Å².